The van der Waals surface area contributed by atoms with Crippen molar-refractivity contribution in [3.63, 3.8) is 0 Å². The van der Waals surface area contributed by atoms with E-state index in [1.54, 1.807) is 0 Å². The third-order valence-corrected chi connectivity index (χ3v) is 3.38. The van der Waals surface area contributed by atoms with E-state index in [2.05, 4.69) is 9.88 Å². The highest BCUT2D eigenvalue weighted by atomic mass is 32.1. The highest BCUT2D eigenvalue weighted by molar-refractivity contribution is 7.80. The first kappa shape index (κ1) is 13.2. The fraction of sp³-hybridized carbons (Fsp3) is 0.538. The van der Waals surface area contributed by atoms with Crippen molar-refractivity contribution in [2.45, 2.75) is 32.7 Å². The molecule has 98 valence electrons. The first-order valence-corrected chi connectivity index (χ1v) is 6.61. The summed E-state index contributed by atoms with van der Waals surface area (Å²) in [6.07, 6.45) is 2.29. The molecule has 1 aliphatic rings. The summed E-state index contributed by atoms with van der Waals surface area (Å²) in [6.45, 7) is 4.65. The average Bonchev–Trinajstić information content (AvgIpc) is 3.07. The summed E-state index contributed by atoms with van der Waals surface area (Å²) in [4.78, 5) is 7.09. The topological polar surface area (TPSA) is 62.4 Å². The normalized spacial score (nSPS) is 14.6. The largest absolute Gasteiger partial charge is 0.395 e. The molecule has 1 aromatic rings. The highest BCUT2D eigenvalue weighted by Crippen LogP contribution is 2.33. The van der Waals surface area contributed by atoms with E-state index < -0.39 is 0 Å². The van der Waals surface area contributed by atoms with Gasteiger partial charge in [0.25, 0.3) is 0 Å². The standard InChI is InChI=1S/C13H19N3OS/c1-8-7-9(2)15-13(11(8)12(14)18)16(5-6-17)10-3-4-10/h7,10,17H,3-6H2,1-2H3,(H2,14,18). The molecule has 1 fully saturated rings. The average molecular weight is 265 g/mol. The number of thiocarbonyl (C=S) groups is 1. The lowest BCUT2D eigenvalue weighted by atomic mass is 10.1. The molecule has 1 saturated carbocycles. The molecule has 2 rings (SSSR count). The zero-order valence-corrected chi connectivity index (χ0v) is 11.6. The van der Waals surface area contributed by atoms with Gasteiger partial charge in [-0.05, 0) is 38.3 Å². The number of aryl methyl sites for hydroxylation is 2. The van der Waals surface area contributed by atoms with Gasteiger partial charge >= 0.3 is 0 Å². The first-order chi connectivity index (χ1) is 8.54. The maximum atomic E-state index is 9.21. The minimum atomic E-state index is 0.113. The maximum absolute atomic E-state index is 9.21. The minimum Gasteiger partial charge on any atom is -0.395 e. The smallest absolute Gasteiger partial charge is 0.139 e. The third-order valence-electron chi connectivity index (χ3n) is 3.17. The van der Waals surface area contributed by atoms with E-state index in [4.69, 9.17) is 18.0 Å². The van der Waals surface area contributed by atoms with E-state index in [0.717, 1.165) is 35.5 Å². The Bertz CT molecular complexity index is 472. The van der Waals surface area contributed by atoms with Crippen LogP contribution in [0.3, 0.4) is 0 Å². The molecule has 0 atom stereocenters. The van der Waals surface area contributed by atoms with Crippen LogP contribution in [-0.4, -0.2) is 34.3 Å². The second kappa shape index (κ2) is 5.20. The zero-order chi connectivity index (χ0) is 13.3. The summed E-state index contributed by atoms with van der Waals surface area (Å²) in [5.74, 6) is 0.830. The molecule has 1 heterocycles. The second-order valence-electron chi connectivity index (χ2n) is 4.79. The van der Waals surface area contributed by atoms with E-state index in [0.29, 0.717) is 17.6 Å². The number of aliphatic hydroxyl groups excluding tert-OH is 1. The molecule has 0 bridgehead atoms. The Morgan fingerprint density at radius 2 is 2.22 bits per heavy atom. The van der Waals surface area contributed by atoms with E-state index in [1.807, 2.05) is 19.9 Å². The van der Waals surface area contributed by atoms with Crippen LogP contribution in [0.4, 0.5) is 5.82 Å². The number of hydrogen-bond acceptors (Lipinski definition) is 4. The van der Waals surface area contributed by atoms with Crippen molar-refractivity contribution in [1.29, 1.82) is 0 Å². The van der Waals surface area contributed by atoms with Gasteiger partial charge in [-0.3, -0.25) is 0 Å². The number of hydrogen-bond donors (Lipinski definition) is 2. The zero-order valence-electron chi connectivity index (χ0n) is 10.8. The van der Waals surface area contributed by atoms with Crippen molar-refractivity contribution in [3.8, 4) is 0 Å². The van der Waals surface area contributed by atoms with Crippen LogP contribution in [0.15, 0.2) is 6.07 Å². The molecule has 0 saturated heterocycles. The number of aliphatic hydroxyl groups is 1. The van der Waals surface area contributed by atoms with Gasteiger partial charge in [-0.2, -0.15) is 0 Å². The molecule has 0 amide bonds. The Morgan fingerprint density at radius 1 is 1.56 bits per heavy atom. The second-order valence-corrected chi connectivity index (χ2v) is 5.23. The van der Waals surface area contributed by atoms with E-state index >= 15 is 0 Å². The molecule has 1 aliphatic carbocycles. The molecule has 0 spiro atoms. The van der Waals surface area contributed by atoms with Crippen LogP contribution in [0.25, 0.3) is 0 Å². The first-order valence-electron chi connectivity index (χ1n) is 6.20. The van der Waals surface area contributed by atoms with Crippen LogP contribution in [0.1, 0.15) is 29.7 Å². The fourth-order valence-electron chi connectivity index (χ4n) is 2.28. The van der Waals surface area contributed by atoms with Crippen molar-refractivity contribution < 1.29 is 5.11 Å². The summed E-state index contributed by atoms with van der Waals surface area (Å²) in [7, 11) is 0. The highest BCUT2D eigenvalue weighted by Gasteiger charge is 2.31. The molecule has 0 unspecified atom stereocenters. The van der Waals surface area contributed by atoms with Gasteiger partial charge in [-0.15, -0.1) is 0 Å². The quantitative estimate of drug-likeness (QED) is 0.786. The molecule has 18 heavy (non-hydrogen) atoms. The SMILES string of the molecule is Cc1cc(C)c(C(N)=S)c(N(CCO)C2CC2)n1. The molecule has 1 aromatic heterocycles. The van der Waals surface area contributed by atoms with Crippen LogP contribution in [0, 0.1) is 13.8 Å². The Hall–Kier alpha value is -1.20. The fourth-order valence-corrected chi connectivity index (χ4v) is 2.54. The number of aromatic nitrogens is 1. The number of nitrogens with two attached hydrogens (primary N) is 1. The Morgan fingerprint density at radius 3 is 2.72 bits per heavy atom. The van der Waals surface area contributed by atoms with Gasteiger partial charge in [-0.1, -0.05) is 12.2 Å². The summed E-state index contributed by atoms with van der Waals surface area (Å²) >= 11 is 5.14. The summed E-state index contributed by atoms with van der Waals surface area (Å²) < 4.78 is 0. The van der Waals surface area contributed by atoms with E-state index in [1.165, 1.54) is 0 Å². The third kappa shape index (κ3) is 2.62. The molecule has 0 aliphatic heterocycles. The predicted molar refractivity (Wildman–Crippen MR) is 77.1 cm³/mol. The van der Waals surface area contributed by atoms with Crippen LogP contribution in [0.2, 0.25) is 0 Å². The van der Waals surface area contributed by atoms with Crippen molar-refractivity contribution in [2.75, 3.05) is 18.1 Å². The Labute approximate surface area is 113 Å². The molecular weight excluding hydrogens is 246 g/mol. The minimum absolute atomic E-state index is 0.113. The van der Waals surface area contributed by atoms with Gasteiger partial charge in [-0.25, -0.2) is 4.98 Å². The van der Waals surface area contributed by atoms with Crippen LogP contribution in [-0.2, 0) is 0 Å². The summed E-state index contributed by atoms with van der Waals surface area (Å²) in [5, 5.41) is 9.21. The van der Waals surface area contributed by atoms with Crippen LogP contribution in [0.5, 0.6) is 0 Å². The van der Waals surface area contributed by atoms with Crippen molar-refractivity contribution in [2.24, 2.45) is 5.73 Å². The van der Waals surface area contributed by atoms with Gasteiger partial charge < -0.3 is 15.7 Å². The van der Waals surface area contributed by atoms with Crippen molar-refractivity contribution in [3.05, 3.63) is 22.9 Å². The summed E-state index contributed by atoms with van der Waals surface area (Å²) in [5.41, 5.74) is 8.67. The number of pyridine rings is 1. The van der Waals surface area contributed by atoms with Gasteiger partial charge in [0.15, 0.2) is 0 Å². The van der Waals surface area contributed by atoms with Crippen molar-refractivity contribution >= 4 is 23.0 Å². The lowest BCUT2D eigenvalue weighted by Crippen LogP contribution is -2.32. The predicted octanol–water partition coefficient (Wildman–Crippen LogP) is 1.29. The van der Waals surface area contributed by atoms with Gasteiger partial charge in [0.2, 0.25) is 0 Å². The van der Waals surface area contributed by atoms with Gasteiger partial charge in [0.1, 0.15) is 10.8 Å². The van der Waals surface area contributed by atoms with Crippen LogP contribution >= 0.6 is 12.2 Å². The molecule has 0 radical (unpaired) electrons. The molecule has 4 nitrogen and oxygen atoms in total. The molecule has 3 N–H and O–H groups in total. The molecule has 5 heteroatoms. The molecular formula is C13H19N3OS. The monoisotopic (exact) mass is 265 g/mol. The number of rotatable bonds is 5. The molecule has 0 aromatic carbocycles. The van der Waals surface area contributed by atoms with Crippen LogP contribution < -0.4 is 10.6 Å². The lowest BCUT2D eigenvalue weighted by Gasteiger charge is -2.26. The van der Waals surface area contributed by atoms with Gasteiger partial charge in [0.05, 0.1) is 12.2 Å². The van der Waals surface area contributed by atoms with E-state index in [-0.39, 0.29) is 6.61 Å². The number of nitrogens with zero attached hydrogens (tertiary/aromatic N) is 2. The number of anilines is 1. The maximum Gasteiger partial charge on any atom is 0.139 e. The van der Waals surface area contributed by atoms with Crippen molar-refractivity contribution in [1.82, 2.24) is 4.98 Å². The Kier molecular flexibility index (Phi) is 3.82. The Balaban J connectivity index is 2.48. The van der Waals surface area contributed by atoms with E-state index in [9.17, 15) is 5.11 Å². The summed E-state index contributed by atoms with van der Waals surface area (Å²) in [6, 6.07) is 2.46. The van der Waals surface area contributed by atoms with Gasteiger partial charge in [0, 0.05) is 18.3 Å². The lowest BCUT2D eigenvalue weighted by molar-refractivity contribution is 0.301.